The van der Waals surface area contributed by atoms with Gasteiger partial charge >= 0.3 is 0 Å². The van der Waals surface area contributed by atoms with Gasteiger partial charge in [-0.2, -0.15) is 4.31 Å². The maximum atomic E-state index is 13.4. The number of nitrogens with zero attached hydrogens (tertiary/aromatic N) is 1. The molecule has 2 aromatic rings. The Morgan fingerprint density at radius 2 is 1.68 bits per heavy atom. The summed E-state index contributed by atoms with van der Waals surface area (Å²) in [6, 6.07) is 11.4. The van der Waals surface area contributed by atoms with Gasteiger partial charge in [0.05, 0.1) is 24.2 Å². The summed E-state index contributed by atoms with van der Waals surface area (Å²) in [5.74, 6) is 1.46. The molecule has 2 aromatic carbocycles. The van der Waals surface area contributed by atoms with Gasteiger partial charge < -0.3 is 9.47 Å². The maximum absolute atomic E-state index is 13.4. The Morgan fingerprint density at radius 3 is 2.57 bits per heavy atom. The first-order valence-electron chi connectivity index (χ1n) is 10.2. The Bertz CT molecular complexity index is 1000. The molecule has 6 heteroatoms. The summed E-state index contributed by atoms with van der Waals surface area (Å²) in [7, 11) is -3.52. The van der Waals surface area contributed by atoms with E-state index in [0.717, 1.165) is 55.6 Å². The van der Waals surface area contributed by atoms with Crippen molar-refractivity contribution in [2.24, 2.45) is 0 Å². The van der Waals surface area contributed by atoms with E-state index in [0.29, 0.717) is 24.7 Å². The molecule has 28 heavy (non-hydrogen) atoms. The number of sulfonamides is 1. The maximum Gasteiger partial charge on any atom is 0.243 e. The average Bonchev–Trinajstić information content (AvgIpc) is 3.32. The van der Waals surface area contributed by atoms with Gasteiger partial charge in [0.2, 0.25) is 10.0 Å². The van der Waals surface area contributed by atoms with Gasteiger partial charge in [-0.25, -0.2) is 8.42 Å². The predicted octanol–water partition coefficient (Wildman–Crippen LogP) is 3.86. The summed E-state index contributed by atoms with van der Waals surface area (Å²) in [5.41, 5.74) is 3.46. The van der Waals surface area contributed by atoms with Gasteiger partial charge in [-0.15, -0.1) is 0 Å². The van der Waals surface area contributed by atoms with Crippen molar-refractivity contribution in [1.82, 2.24) is 4.31 Å². The minimum atomic E-state index is -3.52. The van der Waals surface area contributed by atoms with E-state index in [1.165, 1.54) is 11.1 Å². The molecule has 1 saturated heterocycles. The van der Waals surface area contributed by atoms with E-state index in [-0.39, 0.29) is 6.04 Å². The second kappa shape index (κ2) is 7.08. The summed E-state index contributed by atoms with van der Waals surface area (Å²) < 4.78 is 40.1. The third-order valence-corrected chi connectivity index (χ3v) is 7.94. The summed E-state index contributed by atoms with van der Waals surface area (Å²) in [6.45, 7) is 1.82. The normalized spacial score (nSPS) is 22.1. The fourth-order valence-corrected chi connectivity index (χ4v) is 6.33. The van der Waals surface area contributed by atoms with Crippen molar-refractivity contribution in [3.8, 4) is 11.5 Å². The Labute approximate surface area is 166 Å². The topological polar surface area (TPSA) is 55.8 Å². The number of rotatable bonds is 3. The number of benzene rings is 2. The van der Waals surface area contributed by atoms with Crippen LogP contribution in [0.4, 0.5) is 0 Å². The summed E-state index contributed by atoms with van der Waals surface area (Å²) in [6.07, 6.45) is 5.69. The molecule has 3 aliphatic rings. The van der Waals surface area contributed by atoms with Gasteiger partial charge in [0.25, 0.3) is 0 Å². The second-order valence-corrected chi connectivity index (χ2v) is 9.71. The largest absolute Gasteiger partial charge is 0.490 e. The molecule has 2 heterocycles. The van der Waals surface area contributed by atoms with E-state index >= 15 is 0 Å². The highest BCUT2D eigenvalue weighted by Crippen LogP contribution is 2.40. The number of aryl methyl sites for hydroxylation is 2. The first-order chi connectivity index (χ1) is 13.6. The van der Waals surface area contributed by atoms with Crippen LogP contribution in [0.1, 0.15) is 48.4 Å². The predicted molar refractivity (Wildman–Crippen MR) is 106 cm³/mol. The van der Waals surface area contributed by atoms with E-state index in [1.54, 1.807) is 10.4 Å². The molecule has 0 amide bonds. The quantitative estimate of drug-likeness (QED) is 0.786. The van der Waals surface area contributed by atoms with Crippen LogP contribution >= 0.6 is 0 Å². The molecule has 1 aliphatic carbocycles. The number of fused-ring (bicyclic) bond motifs is 2. The Balaban J connectivity index is 1.47. The van der Waals surface area contributed by atoms with Gasteiger partial charge in [-0.1, -0.05) is 12.1 Å². The van der Waals surface area contributed by atoms with Crippen molar-refractivity contribution in [3.63, 3.8) is 0 Å². The lowest BCUT2D eigenvalue weighted by atomic mass is 10.0. The van der Waals surface area contributed by atoms with Crippen molar-refractivity contribution in [1.29, 1.82) is 0 Å². The lowest BCUT2D eigenvalue weighted by Gasteiger charge is -2.25. The van der Waals surface area contributed by atoms with Crippen LogP contribution in [0.5, 0.6) is 11.5 Å². The molecule has 0 spiro atoms. The number of ether oxygens (including phenoxy) is 2. The Kier molecular flexibility index (Phi) is 4.56. The average molecular weight is 400 g/mol. The van der Waals surface area contributed by atoms with Gasteiger partial charge in [0.1, 0.15) is 0 Å². The molecule has 5 rings (SSSR count). The second-order valence-electron chi connectivity index (χ2n) is 7.81. The molecular weight excluding hydrogens is 374 g/mol. The number of hydrogen-bond acceptors (Lipinski definition) is 4. The SMILES string of the molecule is O=S(=O)(c1ccc2c(c1)CCC2)N1CCCC1c1ccc2c(c1)OCCCO2. The number of hydrogen-bond donors (Lipinski definition) is 0. The van der Waals surface area contributed by atoms with Crippen molar-refractivity contribution < 1.29 is 17.9 Å². The zero-order valence-electron chi connectivity index (χ0n) is 15.9. The van der Waals surface area contributed by atoms with Crippen LogP contribution in [0.25, 0.3) is 0 Å². The fourth-order valence-electron chi connectivity index (χ4n) is 4.59. The molecule has 0 N–H and O–H groups in total. The van der Waals surface area contributed by atoms with Gasteiger partial charge in [-0.05, 0) is 73.1 Å². The molecule has 0 bridgehead atoms. The summed E-state index contributed by atoms with van der Waals surface area (Å²) in [5, 5.41) is 0. The first kappa shape index (κ1) is 18.0. The minimum absolute atomic E-state index is 0.157. The van der Waals surface area contributed by atoms with Crippen LogP contribution in [0, 0.1) is 0 Å². The van der Waals surface area contributed by atoms with Crippen molar-refractivity contribution >= 4 is 10.0 Å². The lowest BCUT2D eigenvalue weighted by Crippen LogP contribution is -2.30. The molecule has 2 aliphatic heterocycles. The fraction of sp³-hybridized carbons (Fsp3) is 0.455. The van der Waals surface area contributed by atoms with Gasteiger partial charge in [0, 0.05) is 13.0 Å². The zero-order chi connectivity index (χ0) is 19.1. The molecule has 5 nitrogen and oxygen atoms in total. The van der Waals surface area contributed by atoms with Crippen molar-refractivity contribution in [2.75, 3.05) is 19.8 Å². The van der Waals surface area contributed by atoms with E-state index in [9.17, 15) is 8.42 Å². The highest BCUT2D eigenvalue weighted by Gasteiger charge is 2.37. The van der Waals surface area contributed by atoms with E-state index in [1.807, 2.05) is 30.3 Å². The van der Waals surface area contributed by atoms with Crippen LogP contribution in [0.3, 0.4) is 0 Å². The van der Waals surface area contributed by atoms with Crippen LogP contribution < -0.4 is 9.47 Å². The molecule has 1 unspecified atom stereocenters. The monoisotopic (exact) mass is 399 g/mol. The van der Waals surface area contributed by atoms with Crippen LogP contribution in [-0.4, -0.2) is 32.5 Å². The lowest BCUT2D eigenvalue weighted by molar-refractivity contribution is 0.296. The Morgan fingerprint density at radius 1 is 0.857 bits per heavy atom. The van der Waals surface area contributed by atoms with Gasteiger partial charge in [0.15, 0.2) is 11.5 Å². The molecule has 0 radical (unpaired) electrons. The highest BCUT2D eigenvalue weighted by atomic mass is 32.2. The van der Waals surface area contributed by atoms with E-state index < -0.39 is 10.0 Å². The zero-order valence-corrected chi connectivity index (χ0v) is 16.7. The standard InChI is InChI=1S/C22H25NO4S/c24-28(25,19-9-7-16-4-1-5-17(16)14-19)23-11-2-6-20(23)18-8-10-21-22(15-18)27-13-3-12-26-21/h7-10,14-15,20H,1-6,11-13H2. The van der Waals surface area contributed by atoms with Crippen molar-refractivity contribution in [2.45, 2.75) is 49.5 Å². The van der Waals surface area contributed by atoms with Crippen molar-refractivity contribution in [3.05, 3.63) is 53.1 Å². The molecule has 0 aromatic heterocycles. The smallest absolute Gasteiger partial charge is 0.243 e. The van der Waals surface area contributed by atoms with E-state index in [4.69, 9.17) is 9.47 Å². The van der Waals surface area contributed by atoms with Gasteiger partial charge in [-0.3, -0.25) is 0 Å². The van der Waals surface area contributed by atoms with Crippen LogP contribution in [-0.2, 0) is 22.9 Å². The summed E-state index contributed by atoms with van der Waals surface area (Å²) in [4.78, 5) is 0.425. The highest BCUT2D eigenvalue weighted by molar-refractivity contribution is 7.89. The van der Waals surface area contributed by atoms with Crippen LogP contribution in [0.15, 0.2) is 41.3 Å². The van der Waals surface area contributed by atoms with E-state index in [2.05, 4.69) is 0 Å². The molecule has 1 atom stereocenters. The Hall–Kier alpha value is -2.05. The minimum Gasteiger partial charge on any atom is -0.490 e. The molecule has 148 valence electrons. The third-order valence-electron chi connectivity index (χ3n) is 6.04. The third kappa shape index (κ3) is 3.08. The van der Waals surface area contributed by atoms with Crippen LogP contribution in [0.2, 0.25) is 0 Å². The molecular formula is C22H25NO4S. The molecule has 1 fully saturated rings. The molecule has 0 saturated carbocycles. The first-order valence-corrected chi connectivity index (χ1v) is 11.6. The summed E-state index contributed by atoms with van der Waals surface area (Å²) >= 11 is 0.